The van der Waals surface area contributed by atoms with E-state index in [0.29, 0.717) is 23.3 Å². The van der Waals surface area contributed by atoms with Crippen LogP contribution in [-0.2, 0) is 13.5 Å². The summed E-state index contributed by atoms with van der Waals surface area (Å²) < 4.78 is 16.4. The van der Waals surface area contributed by atoms with Gasteiger partial charge in [-0.2, -0.15) is 5.10 Å². The summed E-state index contributed by atoms with van der Waals surface area (Å²) >= 11 is 0. The van der Waals surface area contributed by atoms with Crippen LogP contribution in [0.1, 0.15) is 22.3 Å². The zero-order valence-electron chi connectivity index (χ0n) is 17.8. The van der Waals surface area contributed by atoms with E-state index in [1.165, 1.54) is 6.07 Å². The van der Waals surface area contributed by atoms with Gasteiger partial charge in [0.25, 0.3) is 0 Å². The first-order chi connectivity index (χ1) is 16.0. The Bertz CT molecular complexity index is 1470. The number of rotatable bonds is 6. The van der Waals surface area contributed by atoms with Crippen LogP contribution in [0.25, 0.3) is 33.5 Å². The number of halogens is 1. The fourth-order valence-corrected chi connectivity index (χ4v) is 3.77. The van der Waals surface area contributed by atoms with Gasteiger partial charge < -0.3 is 10.7 Å². The topological polar surface area (TPSA) is 115 Å². The third-order valence-corrected chi connectivity index (χ3v) is 5.48. The lowest BCUT2D eigenvalue weighted by Crippen LogP contribution is -2.05. The van der Waals surface area contributed by atoms with Gasteiger partial charge in [-0.15, -0.1) is 0 Å². The first-order valence-electron chi connectivity index (χ1n) is 10.3. The van der Waals surface area contributed by atoms with Gasteiger partial charge in [-0.25, -0.2) is 14.4 Å². The molecular formula is C24H20FN7O. The smallest absolute Gasteiger partial charge is 0.168 e. The number of ketones is 1. The Hall–Kier alpha value is -4.40. The number of hydrogen-bond donors (Lipinski definition) is 2. The summed E-state index contributed by atoms with van der Waals surface area (Å²) in [6.07, 6.45) is 9.22. The Labute approximate surface area is 188 Å². The van der Waals surface area contributed by atoms with E-state index >= 15 is 0 Å². The molecule has 4 aromatic heterocycles. The molecule has 0 radical (unpaired) electrons. The minimum absolute atomic E-state index is 0.0287. The number of nitrogen functional groups attached to an aromatic ring is 1. The van der Waals surface area contributed by atoms with Crippen LogP contribution in [-0.4, -0.2) is 35.5 Å². The van der Waals surface area contributed by atoms with Crippen molar-refractivity contribution in [2.24, 2.45) is 7.05 Å². The zero-order chi connectivity index (χ0) is 22.9. The molecule has 9 heteroatoms. The number of anilines is 1. The Morgan fingerprint density at radius 2 is 1.97 bits per heavy atom. The first kappa shape index (κ1) is 20.5. The number of nitrogens with zero attached hydrogens (tertiary/aromatic N) is 5. The highest BCUT2D eigenvalue weighted by Gasteiger charge is 2.20. The zero-order valence-corrected chi connectivity index (χ0v) is 17.8. The molecule has 0 aliphatic carbocycles. The van der Waals surface area contributed by atoms with Crippen LogP contribution in [0, 0.1) is 5.82 Å². The summed E-state index contributed by atoms with van der Waals surface area (Å²) in [6.45, 7) is 0. The van der Waals surface area contributed by atoms with E-state index in [1.54, 1.807) is 35.5 Å². The lowest BCUT2D eigenvalue weighted by Gasteiger charge is -2.05. The lowest BCUT2D eigenvalue weighted by atomic mass is 10.0. The molecule has 5 aromatic rings. The average molecular weight is 441 g/mol. The number of pyridine rings is 2. The van der Waals surface area contributed by atoms with E-state index in [-0.39, 0.29) is 29.1 Å². The van der Waals surface area contributed by atoms with Gasteiger partial charge in [-0.05, 0) is 42.3 Å². The van der Waals surface area contributed by atoms with E-state index in [9.17, 15) is 9.18 Å². The molecule has 5 rings (SSSR count). The molecule has 1 aromatic carbocycles. The van der Waals surface area contributed by atoms with E-state index in [4.69, 9.17) is 5.73 Å². The SMILES string of the molecule is Cn1cc(-c2cnc(N)c(-c3nc4c(C(=O)CCc5ccncc5)c(F)ccc4[nH]3)c2)cn1. The second-order valence-electron chi connectivity index (χ2n) is 7.74. The van der Waals surface area contributed by atoms with Crippen LogP contribution in [0.2, 0.25) is 0 Å². The molecule has 0 fully saturated rings. The number of nitrogens with two attached hydrogens (primary N) is 1. The fourth-order valence-electron chi connectivity index (χ4n) is 3.77. The highest BCUT2D eigenvalue weighted by atomic mass is 19.1. The number of imidazole rings is 1. The van der Waals surface area contributed by atoms with Gasteiger partial charge in [0.2, 0.25) is 0 Å². The fraction of sp³-hybridized carbons (Fsp3) is 0.125. The summed E-state index contributed by atoms with van der Waals surface area (Å²) in [5.41, 5.74) is 10.1. The highest BCUT2D eigenvalue weighted by molar-refractivity contribution is 6.07. The van der Waals surface area contributed by atoms with Crippen molar-refractivity contribution in [1.29, 1.82) is 0 Å². The molecule has 3 N–H and O–H groups in total. The lowest BCUT2D eigenvalue weighted by molar-refractivity contribution is 0.0980. The van der Waals surface area contributed by atoms with Crippen molar-refractivity contribution >= 4 is 22.6 Å². The predicted molar refractivity (Wildman–Crippen MR) is 123 cm³/mol. The molecule has 0 bridgehead atoms. The normalized spacial score (nSPS) is 11.2. The maximum atomic E-state index is 14.7. The second kappa shape index (κ2) is 8.27. The van der Waals surface area contributed by atoms with Crippen LogP contribution in [0.3, 0.4) is 0 Å². The number of aryl methyl sites for hydroxylation is 2. The predicted octanol–water partition coefficient (Wildman–Crippen LogP) is 3.96. The number of Topliss-reactive ketones (excluding diaryl/α,β-unsaturated/α-hetero) is 1. The van der Waals surface area contributed by atoms with Gasteiger partial charge in [0.1, 0.15) is 23.0 Å². The summed E-state index contributed by atoms with van der Waals surface area (Å²) in [5.74, 6) is -0.235. The second-order valence-corrected chi connectivity index (χ2v) is 7.74. The third-order valence-electron chi connectivity index (χ3n) is 5.48. The number of H-pyrrole nitrogens is 1. The number of nitrogens with one attached hydrogen (secondary N) is 1. The van der Waals surface area contributed by atoms with Crippen LogP contribution in [0.15, 0.2) is 61.3 Å². The number of carbonyl (C=O) groups is 1. The maximum absolute atomic E-state index is 14.7. The molecule has 0 aliphatic rings. The summed E-state index contributed by atoms with van der Waals surface area (Å²) in [4.78, 5) is 28.9. The maximum Gasteiger partial charge on any atom is 0.168 e. The quantitative estimate of drug-likeness (QED) is 0.386. The molecular weight excluding hydrogens is 421 g/mol. The molecule has 0 saturated carbocycles. The number of carbonyl (C=O) groups excluding carboxylic acids is 1. The van der Waals surface area contributed by atoms with Crippen molar-refractivity contribution in [3.63, 3.8) is 0 Å². The number of aromatic nitrogens is 6. The molecule has 4 heterocycles. The largest absolute Gasteiger partial charge is 0.383 e. The molecule has 164 valence electrons. The number of fused-ring (bicyclic) bond motifs is 1. The van der Waals surface area contributed by atoms with Crippen LogP contribution in [0.5, 0.6) is 0 Å². The van der Waals surface area contributed by atoms with Crippen LogP contribution >= 0.6 is 0 Å². The minimum atomic E-state index is -0.601. The first-order valence-corrected chi connectivity index (χ1v) is 10.3. The molecule has 0 unspecified atom stereocenters. The van der Waals surface area contributed by atoms with Gasteiger partial charge >= 0.3 is 0 Å². The Morgan fingerprint density at radius 1 is 1.15 bits per heavy atom. The van der Waals surface area contributed by atoms with Gasteiger partial charge in [-0.1, -0.05) is 0 Å². The number of aromatic amines is 1. The van der Waals surface area contributed by atoms with E-state index in [0.717, 1.165) is 16.7 Å². The van der Waals surface area contributed by atoms with Crippen LogP contribution in [0.4, 0.5) is 10.2 Å². The van der Waals surface area contributed by atoms with E-state index < -0.39 is 5.82 Å². The van der Waals surface area contributed by atoms with Gasteiger partial charge in [0, 0.05) is 49.4 Å². The van der Waals surface area contributed by atoms with E-state index in [2.05, 4.69) is 25.0 Å². The standard InChI is InChI=1S/C24H20FN7O/c1-32-13-16(12-29-32)15-10-17(23(26)28-11-15)24-30-19-4-3-18(25)21(22(19)31-24)20(33)5-2-14-6-8-27-9-7-14/h3-4,6-13H,2,5H2,1H3,(H2,26,28)(H,30,31). The van der Waals surface area contributed by atoms with Crippen molar-refractivity contribution in [1.82, 2.24) is 29.7 Å². The summed E-state index contributed by atoms with van der Waals surface area (Å²) in [6, 6.07) is 8.36. The summed E-state index contributed by atoms with van der Waals surface area (Å²) in [5, 5.41) is 4.18. The van der Waals surface area contributed by atoms with Gasteiger partial charge in [-0.3, -0.25) is 14.5 Å². The summed E-state index contributed by atoms with van der Waals surface area (Å²) in [7, 11) is 1.83. The van der Waals surface area contributed by atoms with Crippen molar-refractivity contribution in [3.8, 4) is 22.5 Å². The Morgan fingerprint density at radius 3 is 2.73 bits per heavy atom. The molecule has 0 saturated heterocycles. The van der Waals surface area contributed by atoms with Crippen molar-refractivity contribution in [2.45, 2.75) is 12.8 Å². The number of benzene rings is 1. The molecule has 0 atom stereocenters. The Balaban J connectivity index is 1.52. The average Bonchev–Trinajstić information content (AvgIpc) is 3.45. The van der Waals surface area contributed by atoms with Crippen molar-refractivity contribution in [2.75, 3.05) is 5.73 Å². The van der Waals surface area contributed by atoms with Gasteiger partial charge in [0.15, 0.2) is 5.78 Å². The van der Waals surface area contributed by atoms with Crippen molar-refractivity contribution < 1.29 is 9.18 Å². The molecule has 0 amide bonds. The van der Waals surface area contributed by atoms with Crippen molar-refractivity contribution in [3.05, 3.63) is 78.3 Å². The third kappa shape index (κ3) is 3.96. The Kier molecular flexibility index (Phi) is 5.14. The van der Waals surface area contributed by atoms with Crippen LogP contribution < -0.4 is 5.73 Å². The molecule has 33 heavy (non-hydrogen) atoms. The van der Waals surface area contributed by atoms with E-state index in [1.807, 2.05) is 31.4 Å². The minimum Gasteiger partial charge on any atom is -0.383 e. The molecule has 8 nitrogen and oxygen atoms in total. The highest BCUT2D eigenvalue weighted by Crippen LogP contribution is 2.31. The number of hydrogen-bond acceptors (Lipinski definition) is 6. The molecule has 0 spiro atoms. The molecule has 0 aliphatic heterocycles. The monoisotopic (exact) mass is 441 g/mol. The van der Waals surface area contributed by atoms with Gasteiger partial charge in [0.05, 0.1) is 22.8 Å².